The number of carbonyl (C=O) groups is 1. The Hall–Kier alpha value is -5.57. The molecular weight excluding hydrogens is 571 g/mol. The van der Waals surface area contributed by atoms with E-state index < -0.39 is 52.7 Å². The van der Waals surface area contributed by atoms with Gasteiger partial charge in [-0.1, -0.05) is 42.5 Å². The average Bonchev–Trinajstić information content (AvgIpc) is 3.45. The van der Waals surface area contributed by atoms with Gasteiger partial charge in [-0.05, 0) is 53.9 Å². The Morgan fingerprint density at radius 1 is 1.00 bits per heavy atom. The highest BCUT2D eigenvalue weighted by Crippen LogP contribution is 2.37. The first-order chi connectivity index (χ1) is 20.5. The number of aromatic nitrogens is 3. The van der Waals surface area contributed by atoms with Gasteiger partial charge in [-0.25, -0.2) is 23.2 Å². The summed E-state index contributed by atoms with van der Waals surface area (Å²) in [5, 5.41) is 21.7. The molecule has 1 unspecified atom stereocenters. The standard InChI is InChI=1S/C31H19F5N4O3/c1-17(19-9-11-21(12-10-19)20-7-5-18(15-37)6-8-20)43-28-23(13-22(32)14-25(28)33)26-3-2-4-27(39-26)40-29(31(34,35)36)24(16-38-40)30(41)42/h2-14,16-17H,1H3,(H,41,42). The number of aromatic carboxylic acids is 1. The fraction of sp³-hybridized carbons (Fsp3) is 0.0968. The van der Waals surface area contributed by atoms with Crippen LogP contribution in [-0.4, -0.2) is 25.8 Å². The molecule has 0 aliphatic carbocycles. The van der Waals surface area contributed by atoms with Crippen molar-refractivity contribution in [1.82, 2.24) is 14.8 Å². The predicted octanol–water partition coefficient (Wildman–Crippen LogP) is 7.61. The zero-order valence-electron chi connectivity index (χ0n) is 22.1. The van der Waals surface area contributed by atoms with Crippen LogP contribution in [0.5, 0.6) is 5.75 Å². The van der Waals surface area contributed by atoms with Gasteiger partial charge < -0.3 is 9.84 Å². The number of hydrogen-bond donors (Lipinski definition) is 1. The van der Waals surface area contributed by atoms with E-state index in [1.165, 1.54) is 12.1 Å². The summed E-state index contributed by atoms with van der Waals surface area (Å²) >= 11 is 0. The lowest BCUT2D eigenvalue weighted by Crippen LogP contribution is -2.18. The van der Waals surface area contributed by atoms with Crippen LogP contribution in [0.2, 0.25) is 0 Å². The quantitative estimate of drug-likeness (QED) is 0.196. The number of halogens is 5. The van der Waals surface area contributed by atoms with E-state index in [9.17, 15) is 27.5 Å². The van der Waals surface area contributed by atoms with Crippen molar-refractivity contribution in [3.8, 4) is 40.0 Å². The maximum Gasteiger partial charge on any atom is 0.434 e. The molecular formula is C31H19F5N4O3. The third-order valence-electron chi connectivity index (χ3n) is 6.53. The van der Waals surface area contributed by atoms with Crippen LogP contribution in [0.4, 0.5) is 22.0 Å². The Bertz CT molecular complexity index is 1860. The van der Waals surface area contributed by atoms with Crippen LogP contribution in [0, 0.1) is 23.0 Å². The Labute approximate surface area is 241 Å². The highest BCUT2D eigenvalue weighted by Gasteiger charge is 2.41. The SMILES string of the molecule is CC(Oc1c(F)cc(F)cc1-c1cccc(-n2ncc(C(=O)O)c2C(F)(F)F)n1)c1ccc(-c2ccc(C#N)cc2)cc1. The molecule has 0 aliphatic rings. The van der Waals surface area contributed by atoms with Gasteiger partial charge in [0.15, 0.2) is 23.1 Å². The van der Waals surface area contributed by atoms with Crippen molar-refractivity contribution in [2.24, 2.45) is 0 Å². The van der Waals surface area contributed by atoms with Crippen molar-refractivity contribution in [1.29, 1.82) is 5.26 Å². The molecule has 0 bridgehead atoms. The Balaban J connectivity index is 1.49. The van der Waals surface area contributed by atoms with Crippen LogP contribution in [0.25, 0.3) is 28.2 Å². The second kappa shape index (κ2) is 11.4. The minimum Gasteiger partial charge on any atom is -0.482 e. The maximum atomic E-state index is 15.1. The molecule has 12 heteroatoms. The van der Waals surface area contributed by atoms with E-state index in [0.29, 0.717) is 28.1 Å². The fourth-order valence-corrected chi connectivity index (χ4v) is 4.44. The monoisotopic (exact) mass is 590 g/mol. The Morgan fingerprint density at radius 3 is 2.26 bits per heavy atom. The first-order valence-electron chi connectivity index (χ1n) is 12.6. The molecule has 0 aliphatic heterocycles. The molecule has 1 N–H and O–H groups in total. The molecule has 2 heterocycles. The van der Waals surface area contributed by atoms with Gasteiger partial charge in [0.1, 0.15) is 17.5 Å². The smallest absolute Gasteiger partial charge is 0.434 e. The van der Waals surface area contributed by atoms with Crippen molar-refractivity contribution in [2.45, 2.75) is 19.2 Å². The number of hydrogen-bond acceptors (Lipinski definition) is 5. The second-order valence-corrected chi connectivity index (χ2v) is 9.34. The summed E-state index contributed by atoms with van der Waals surface area (Å²) in [6.45, 7) is 1.64. The summed E-state index contributed by atoms with van der Waals surface area (Å²) in [6, 6.07) is 21.5. The minimum atomic E-state index is -5.09. The van der Waals surface area contributed by atoms with Gasteiger partial charge in [0, 0.05) is 11.6 Å². The zero-order chi connectivity index (χ0) is 30.9. The predicted molar refractivity (Wildman–Crippen MR) is 144 cm³/mol. The fourth-order valence-electron chi connectivity index (χ4n) is 4.44. The van der Waals surface area contributed by atoms with Crippen molar-refractivity contribution in [2.75, 3.05) is 0 Å². The topological polar surface area (TPSA) is 101 Å². The highest BCUT2D eigenvalue weighted by molar-refractivity contribution is 5.89. The number of benzene rings is 3. The van der Waals surface area contributed by atoms with Crippen LogP contribution in [-0.2, 0) is 6.18 Å². The van der Waals surface area contributed by atoms with E-state index in [2.05, 4.69) is 16.2 Å². The number of rotatable bonds is 7. The van der Waals surface area contributed by atoms with Gasteiger partial charge in [0.05, 0.1) is 23.5 Å². The molecule has 3 aromatic carbocycles. The van der Waals surface area contributed by atoms with Crippen LogP contribution in [0.3, 0.4) is 0 Å². The summed E-state index contributed by atoms with van der Waals surface area (Å²) in [6.07, 6.45) is -5.30. The first kappa shape index (κ1) is 28.9. The van der Waals surface area contributed by atoms with Gasteiger partial charge in [-0.2, -0.15) is 23.5 Å². The van der Waals surface area contributed by atoms with Crippen LogP contribution in [0.1, 0.15) is 40.2 Å². The number of alkyl halides is 3. The van der Waals surface area contributed by atoms with Crippen LogP contribution in [0.15, 0.2) is 85.1 Å². The van der Waals surface area contributed by atoms with Gasteiger partial charge in [-0.15, -0.1) is 0 Å². The normalized spacial score (nSPS) is 12.0. The molecule has 0 radical (unpaired) electrons. The minimum absolute atomic E-state index is 0.144. The number of pyridine rings is 1. The molecule has 0 spiro atoms. The molecule has 0 saturated carbocycles. The third-order valence-corrected chi connectivity index (χ3v) is 6.53. The summed E-state index contributed by atoms with van der Waals surface area (Å²) in [5.74, 6) is -4.70. The molecule has 0 amide bonds. The molecule has 0 saturated heterocycles. The second-order valence-electron chi connectivity index (χ2n) is 9.34. The van der Waals surface area contributed by atoms with Crippen molar-refractivity contribution >= 4 is 5.97 Å². The molecule has 7 nitrogen and oxygen atoms in total. The Morgan fingerprint density at radius 2 is 1.65 bits per heavy atom. The number of nitrogens with zero attached hydrogens (tertiary/aromatic N) is 4. The van der Waals surface area contributed by atoms with Gasteiger partial charge in [0.25, 0.3) is 0 Å². The molecule has 43 heavy (non-hydrogen) atoms. The zero-order valence-corrected chi connectivity index (χ0v) is 22.1. The van der Waals surface area contributed by atoms with E-state index in [1.54, 1.807) is 43.3 Å². The van der Waals surface area contributed by atoms with Crippen LogP contribution < -0.4 is 4.74 Å². The molecule has 216 valence electrons. The molecule has 5 aromatic rings. The summed E-state index contributed by atoms with van der Waals surface area (Å²) in [4.78, 5) is 15.5. The van der Waals surface area contributed by atoms with E-state index >= 15 is 4.39 Å². The largest absolute Gasteiger partial charge is 0.482 e. The van der Waals surface area contributed by atoms with Gasteiger partial charge in [0.2, 0.25) is 0 Å². The van der Waals surface area contributed by atoms with Crippen molar-refractivity contribution < 1.29 is 36.6 Å². The molecule has 0 fully saturated rings. The number of carboxylic acids is 1. The average molecular weight is 591 g/mol. The summed E-state index contributed by atoms with van der Waals surface area (Å²) < 4.78 is 77.0. The van der Waals surface area contributed by atoms with Gasteiger partial charge >= 0.3 is 12.1 Å². The number of nitriles is 1. The van der Waals surface area contributed by atoms with Crippen molar-refractivity contribution in [3.63, 3.8) is 0 Å². The maximum absolute atomic E-state index is 15.1. The van der Waals surface area contributed by atoms with E-state index in [-0.39, 0.29) is 11.3 Å². The first-order valence-corrected chi connectivity index (χ1v) is 12.6. The third kappa shape index (κ3) is 5.92. The number of carboxylic acid groups (broad SMARTS) is 1. The number of ether oxygens (including phenoxy) is 1. The molecule has 2 aromatic heterocycles. The highest BCUT2D eigenvalue weighted by atomic mass is 19.4. The lowest BCUT2D eigenvalue weighted by Gasteiger charge is -2.19. The lowest BCUT2D eigenvalue weighted by atomic mass is 10.0. The van der Waals surface area contributed by atoms with Gasteiger partial charge in [-0.3, -0.25) is 0 Å². The van der Waals surface area contributed by atoms with E-state index in [4.69, 9.17) is 10.00 Å². The van der Waals surface area contributed by atoms with Crippen LogP contribution >= 0.6 is 0 Å². The lowest BCUT2D eigenvalue weighted by molar-refractivity contribution is -0.143. The molecule has 1 atom stereocenters. The summed E-state index contributed by atoms with van der Waals surface area (Å²) in [7, 11) is 0. The molecule has 5 rings (SSSR count). The van der Waals surface area contributed by atoms with E-state index in [1.807, 2.05) is 12.1 Å². The van der Waals surface area contributed by atoms with E-state index in [0.717, 1.165) is 23.3 Å². The Kier molecular flexibility index (Phi) is 7.65. The summed E-state index contributed by atoms with van der Waals surface area (Å²) in [5.41, 5.74) is -0.0777. The van der Waals surface area contributed by atoms with Crippen molar-refractivity contribution in [3.05, 3.63) is 119 Å².